The van der Waals surface area contributed by atoms with Gasteiger partial charge in [0.1, 0.15) is 0 Å². The molecule has 106 valence electrons. The minimum absolute atomic E-state index is 0.131. The van der Waals surface area contributed by atoms with Gasteiger partial charge in [0.25, 0.3) is 5.91 Å². The predicted octanol–water partition coefficient (Wildman–Crippen LogP) is 1.65. The highest BCUT2D eigenvalue weighted by molar-refractivity contribution is 7.17. The van der Waals surface area contributed by atoms with E-state index in [1.165, 1.54) is 0 Å². The van der Waals surface area contributed by atoms with Gasteiger partial charge in [0.2, 0.25) is 0 Å². The number of β-amino-alcohol motifs (C(OH)–C–C–N with tert-alkyl or cyclic N) is 1. The molecule has 1 saturated heterocycles. The zero-order valence-corrected chi connectivity index (χ0v) is 12.1. The number of carbonyl (C=O) groups is 1. The molecule has 1 aromatic heterocycles. The quantitative estimate of drug-likeness (QED) is 0.935. The van der Waals surface area contributed by atoms with Crippen LogP contribution in [0.2, 0.25) is 0 Å². The van der Waals surface area contributed by atoms with Crippen LogP contribution in [0.5, 0.6) is 0 Å². The van der Waals surface area contributed by atoms with Crippen LogP contribution in [0.4, 0.5) is 0 Å². The zero-order chi connectivity index (χ0) is 13.9. The molecule has 0 aliphatic carbocycles. The number of hydrogen-bond acceptors (Lipinski definition) is 4. The molecule has 2 aromatic rings. The number of benzene rings is 1. The molecule has 1 aliphatic rings. The fourth-order valence-electron chi connectivity index (χ4n) is 2.63. The van der Waals surface area contributed by atoms with Crippen molar-refractivity contribution >= 4 is 27.3 Å². The average molecular weight is 290 g/mol. The molecular weight excluding hydrogens is 272 g/mol. The first-order valence-electron chi connectivity index (χ1n) is 6.88. The van der Waals surface area contributed by atoms with Crippen LogP contribution in [0.25, 0.3) is 10.1 Å². The lowest BCUT2D eigenvalue weighted by atomic mass is 10.1. The van der Waals surface area contributed by atoms with Crippen molar-refractivity contribution in [1.29, 1.82) is 0 Å². The van der Waals surface area contributed by atoms with E-state index in [4.69, 9.17) is 5.11 Å². The largest absolute Gasteiger partial charge is 0.395 e. The first-order valence-corrected chi connectivity index (χ1v) is 7.76. The Bertz CT molecular complexity index is 603. The Balaban J connectivity index is 1.74. The van der Waals surface area contributed by atoms with Gasteiger partial charge in [0.05, 0.1) is 12.2 Å². The number of carbonyl (C=O) groups excluding carboxylic acids is 1. The summed E-state index contributed by atoms with van der Waals surface area (Å²) in [6, 6.07) is 8.04. The van der Waals surface area contributed by atoms with E-state index in [1.54, 1.807) is 11.3 Å². The minimum atomic E-state index is 0.131. The van der Waals surface area contributed by atoms with Gasteiger partial charge in [-0.3, -0.25) is 9.69 Å². The summed E-state index contributed by atoms with van der Waals surface area (Å²) < 4.78 is 1.16. The Labute approximate surface area is 122 Å². The number of rotatable bonds is 3. The summed E-state index contributed by atoms with van der Waals surface area (Å²) >= 11 is 1.62. The summed E-state index contributed by atoms with van der Waals surface area (Å²) in [6.45, 7) is 4.04. The van der Waals surface area contributed by atoms with E-state index >= 15 is 0 Å². The molecular formula is C15H18N2O2S. The molecule has 0 spiro atoms. The third-order valence-corrected chi connectivity index (χ3v) is 4.75. The number of aliphatic hydroxyl groups is 1. The Morgan fingerprint density at radius 2 is 1.95 bits per heavy atom. The Morgan fingerprint density at radius 1 is 1.20 bits per heavy atom. The molecule has 0 bridgehead atoms. The first-order chi connectivity index (χ1) is 9.79. The Morgan fingerprint density at radius 3 is 2.70 bits per heavy atom. The van der Waals surface area contributed by atoms with Crippen molar-refractivity contribution in [1.82, 2.24) is 9.80 Å². The van der Waals surface area contributed by atoms with Gasteiger partial charge in [-0.15, -0.1) is 11.3 Å². The molecule has 4 nitrogen and oxygen atoms in total. The van der Waals surface area contributed by atoms with Gasteiger partial charge in [0.15, 0.2) is 0 Å². The molecule has 0 unspecified atom stereocenters. The summed E-state index contributed by atoms with van der Waals surface area (Å²) in [5, 5.41) is 12.0. The molecule has 2 heterocycles. The van der Waals surface area contributed by atoms with Gasteiger partial charge < -0.3 is 10.0 Å². The van der Waals surface area contributed by atoms with Crippen molar-refractivity contribution in [3.8, 4) is 0 Å². The molecule has 1 aliphatic heterocycles. The lowest BCUT2D eigenvalue weighted by Gasteiger charge is -2.34. The number of hydrogen-bond donors (Lipinski definition) is 1. The van der Waals surface area contributed by atoms with Crippen molar-refractivity contribution < 1.29 is 9.90 Å². The highest BCUT2D eigenvalue weighted by Crippen LogP contribution is 2.26. The van der Waals surface area contributed by atoms with Crippen LogP contribution in [0.15, 0.2) is 29.6 Å². The smallest absolute Gasteiger partial charge is 0.255 e. The van der Waals surface area contributed by atoms with Crippen LogP contribution in [0.1, 0.15) is 10.4 Å². The van der Waals surface area contributed by atoms with Crippen LogP contribution in [0, 0.1) is 0 Å². The standard InChI is InChI=1S/C15H18N2O2S/c18-10-9-16-5-7-17(8-6-16)15(19)13-11-20-14-4-2-1-3-12(13)14/h1-4,11,18H,5-10H2. The summed E-state index contributed by atoms with van der Waals surface area (Å²) in [5.74, 6) is 0.131. The van der Waals surface area contributed by atoms with Gasteiger partial charge in [-0.2, -0.15) is 0 Å². The maximum atomic E-state index is 12.6. The summed E-state index contributed by atoms with van der Waals surface area (Å²) in [7, 11) is 0. The molecule has 5 heteroatoms. The van der Waals surface area contributed by atoms with Gasteiger partial charge in [-0.1, -0.05) is 18.2 Å². The topological polar surface area (TPSA) is 43.8 Å². The minimum Gasteiger partial charge on any atom is -0.395 e. The maximum Gasteiger partial charge on any atom is 0.255 e. The monoisotopic (exact) mass is 290 g/mol. The molecule has 20 heavy (non-hydrogen) atoms. The van der Waals surface area contributed by atoms with E-state index in [-0.39, 0.29) is 12.5 Å². The van der Waals surface area contributed by atoms with E-state index in [9.17, 15) is 4.79 Å². The number of nitrogens with zero attached hydrogens (tertiary/aromatic N) is 2. The Kier molecular flexibility index (Phi) is 4.00. The number of thiophene rings is 1. The third kappa shape index (κ3) is 2.57. The number of fused-ring (bicyclic) bond motifs is 1. The second-order valence-corrected chi connectivity index (χ2v) is 5.91. The number of aliphatic hydroxyl groups excluding tert-OH is 1. The molecule has 0 atom stereocenters. The lowest BCUT2D eigenvalue weighted by molar-refractivity contribution is 0.0617. The fourth-order valence-corrected chi connectivity index (χ4v) is 3.56. The lowest BCUT2D eigenvalue weighted by Crippen LogP contribution is -2.49. The molecule has 1 N–H and O–H groups in total. The van der Waals surface area contributed by atoms with Crippen LogP contribution >= 0.6 is 11.3 Å². The van der Waals surface area contributed by atoms with Crippen LogP contribution in [-0.4, -0.2) is 60.1 Å². The molecule has 0 radical (unpaired) electrons. The average Bonchev–Trinajstić information content (AvgIpc) is 2.92. The van der Waals surface area contributed by atoms with Crippen molar-refractivity contribution in [3.05, 3.63) is 35.2 Å². The van der Waals surface area contributed by atoms with Crippen LogP contribution < -0.4 is 0 Å². The van der Waals surface area contributed by atoms with Crippen molar-refractivity contribution in [2.75, 3.05) is 39.3 Å². The van der Waals surface area contributed by atoms with Gasteiger partial charge in [-0.25, -0.2) is 0 Å². The summed E-state index contributed by atoms with van der Waals surface area (Å²) in [4.78, 5) is 16.7. The van der Waals surface area contributed by atoms with Gasteiger partial charge in [-0.05, 0) is 6.07 Å². The van der Waals surface area contributed by atoms with Gasteiger partial charge >= 0.3 is 0 Å². The van der Waals surface area contributed by atoms with Crippen molar-refractivity contribution in [3.63, 3.8) is 0 Å². The van der Waals surface area contributed by atoms with Crippen LogP contribution in [0.3, 0.4) is 0 Å². The highest BCUT2D eigenvalue weighted by Gasteiger charge is 2.23. The van der Waals surface area contributed by atoms with E-state index in [2.05, 4.69) is 11.0 Å². The van der Waals surface area contributed by atoms with E-state index in [0.29, 0.717) is 6.54 Å². The molecule has 0 saturated carbocycles. The number of piperazine rings is 1. The Hall–Kier alpha value is -1.43. The zero-order valence-electron chi connectivity index (χ0n) is 11.3. The second kappa shape index (κ2) is 5.91. The van der Waals surface area contributed by atoms with Crippen LogP contribution in [-0.2, 0) is 0 Å². The number of amides is 1. The SMILES string of the molecule is O=C(c1csc2ccccc12)N1CCN(CCO)CC1. The van der Waals surface area contributed by atoms with E-state index in [0.717, 1.165) is 41.8 Å². The predicted molar refractivity (Wildman–Crippen MR) is 81.3 cm³/mol. The van der Waals surface area contributed by atoms with Crippen molar-refractivity contribution in [2.45, 2.75) is 0 Å². The van der Waals surface area contributed by atoms with Crippen molar-refractivity contribution in [2.24, 2.45) is 0 Å². The highest BCUT2D eigenvalue weighted by atomic mass is 32.1. The third-order valence-electron chi connectivity index (χ3n) is 3.79. The molecule has 1 aromatic carbocycles. The second-order valence-electron chi connectivity index (χ2n) is 5.00. The summed E-state index contributed by atoms with van der Waals surface area (Å²) in [5.41, 5.74) is 0.821. The van der Waals surface area contributed by atoms with Gasteiger partial charge in [0, 0.05) is 48.2 Å². The molecule has 1 fully saturated rings. The maximum absolute atomic E-state index is 12.6. The normalized spacial score (nSPS) is 16.8. The summed E-state index contributed by atoms with van der Waals surface area (Å²) in [6.07, 6.45) is 0. The molecule has 1 amide bonds. The first kappa shape index (κ1) is 13.5. The molecule has 3 rings (SSSR count). The van der Waals surface area contributed by atoms with E-state index in [1.807, 2.05) is 28.5 Å². The van der Waals surface area contributed by atoms with E-state index < -0.39 is 0 Å². The fraction of sp³-hybridized carbons (Fsp3) is 0.400.